The van der Waals surface area contributed by atoms with Gasteiger partial charge in [-0.25, -0.2) is 15.0 Å². The van der Waals surface area contributed by atoms with Gasteiger partial charge in [0.1, 0.15) is 35.6 Å². The Balaban J connectivity index is 0.850. The summed E-state index contributed by atoms with van der Waals surface area (Å²) in [5.74, 6) is 1.68. The quantitative estimate of drug-likeness (QED) is 0.166. The number of fused-ring (bicyclic) bond motifs is 2. The number of piperidine rings is 2. The van der Waals surface area contributed by atoms with Crippen molar-refractivity contribution in [2.75, 3.05) is 74.6 Å². The Morgan fingerprint density at radius 3 is 2.40 bits per heavy atom. The second kappa shape index (κ2) is 15.8. The number of ether oxygens (including phenoxy) is 2. The molecular weight excluding hydrogens is 727 g/mol. The molecule has 0 aliphatic carbocycles. The number of nitrogens with one attached hydrogen (secondary N) is 2. The fraction of sp³-hybridized carbons (Fsp3) is 0.488. The van der Waals surface area contributed by atoms with Crippen molar-refractivity contribution in [3.63, 3.8) is 0 Å². The number of hydrogen-bond acceptors (Lipinski definition) is 13. The number of nitrogens with zero attached hydrogens (tertiary/aromatic N) is 9. The summed E-state index contributed by atoms with van der Waals surface area (Å²) in [4.78, 5) is 66.0. The number of pyridine rings is 1. The van der Waals surface area contributed by atoms with Crippen LogP contribution in [0, 0.1) is 0 Å². The summed E-state index contributed by atoms with van der Waals surface area (Å²) in [6.07, 6.45) is 6.65. The minimum atomic E-state index is -0.822. The molecule has 7 heterocycles. The number of piperazine rings is 1. The van der Waals surface area contributed by atoms with E-state index in [-0.39, 0.29) is 17.6 Å². The van der Waals surface area contributed by atoms with E-state index in [4.69, 9.17) is 19.4 Å². The highest BCUT2D eigenvalue weighted by Gasteiger charge is 2.44. The van der Waals surface area contributed by atoms with Crippen molar-refractivity contribution < 1.29 is 23.9 Å². The van der Waals surface area contributed by atoms with E-state index in [9.17, 15) is 14.4 Å². The van der Waals surface area contributed by atoms with E-state index in [2.05, 4.69) is 67.2 Å². The Morgan fingerprint density at radius 2 is 1.67 bits per heavy atom. The highest BCUT2D eigenvalue weighted by atomic mass is 16.5. The third-order valence-corrected chi connectivity index (χ3v) is 11.3. The molecular formula is C41H51N11O5. The number of rotatable bonds is 11. The van der Waals surface area contributed by atoms with Gasteiger partial charge in [0.2, 0.25) is 11.9 Å². The lowest BCUT2D eigenvalue weighted by atomic mass is 10.0. The van der Waals surface area contributed by atoms with Gasteiger partial charge in [0.15, 0.2) is 0 Å². The van der Waals surface area contributed by atoms with Crippen molar-refractivity contribution in [2.45, 2.75) is 70.7 Å². The van der Waals surface area contributed by atoms with Gasteiger partial charge in [0.05, 0.1) is 35.6 Å². The molecule has 4 aromatic rings. The molecule has 3 aromatic heterocycles. The van der Waals surface area contributed by atoms with Crippen molar-refractivity contribution in [3.8, 4) is 0 Å². The lowest BCUT2D eigenvalue weighted by molar-refractivity contribution is -0.125. The molecule has 3 fully saturated rings. The fourth-order valence-electron chi connectivity index (χ4n) is 8.26. The first kappa shape index (κ1) is 38.4. The number of imide groups is 1. The highest BCUT2D eigenvalue weighted by molar-refractivity contribution is 6.23. The fourth-order valence-corrected chi connectivity index (χ4v) is 8.26. The van der Waals surface area contributed by atoms with Crippen molar-refractivity contribution in [3.05, 3.63) is 72.0 Å². The standard InChI is InChI=1S/C41H51N11O5/c1-26-6-9-32(37(53)44-26)51-38(54)29-8-7-27(22-30(29)39(51)55)49-18-16-48(17-19-49)20-21-57-25-36-45-31-24-43-35(23-33(31)52(36)41(2,3)4)46-34-10-13-42-40(47-34)50-14-11-28(56-5)12-15-50/h7-8,10,13,22-24,28,32H,1,6,9,11-12,14-21,25H2,2-5H3,(H,44,53)(H,42,43,46,47). The van der Waals surface area contributed by atoms with Gasteiger partial charge < -0.3 is 34.5 Å². The third-order valence-electron chi connectivity index (χ3n) is 11.3. The Bertz CT molecular complexity index is 2180. The van der Waals surface area contributed by atoms with E-state index in [1.807, 2.05) is 18.2 Å². The molecule has 1 atom stereocenters. The lowest BCUT2D eigenvalue weighted by Crippen LogP contribution is -2.51. The van der Waals surface area contributed by atoms with Crippen LogP contribution in [-0.2, 0) is 26.4 Å². The van der Waals surface area contributed by atoms with Crippen molar-refractivity contribution >= 4 is 52.0 Å². The molecule has 0 saturated carbocycles. The van der Waals surface area contributed by atoms with E-state index >= 15 is 0 Å². The van der Waals surface area contributed by atoms with Gasteiger partial charge in [-0.1, -0.05) is 6.58 Å². The Hall–Kier alpha value is -5.45. The maximum absolute atomic E-state index is 13.4. The van der Waals surface area contributed by atoms with Gasteiger partial charge >= 0.3 is 0 Å². The van der Waals surface area contributed by atoms with Gasteiger partial charge in [-0.2, -0.15) is 4.98 Å². The Morgan fingerprint density at radius 1 is 0.895 bits per heavy atom. The topological polar surface area (TPSA) is 163 Å². The summed E-state index contributed by atoms with van der Waals surface area (Å²) in [6, 6.07) is 8.44. The molecule has 300 valence electrons. The minimum Gasteiger partial charge on any atom is -0.381 e. The maximum Gasteiger partial charge on any atom is 0.262 e. The third kappa shape index (κ3) is 7.93. The maximum atomic E-state index is 13.4. The number of hydrogen-bond donors (Lipinski definition) is 2. The van der Waals surface area contributed by atoms with Crippen LogP contribution in [0.25, 0.3) is 11.0 Å². The lowest BCUT2D eigenvalue weighted by Gasteiger charge is -2.36. The Kier molecular flexibility index (Phi) is 10.7. The summed E-state index contributed by atoms with van der Waals surface area (Å²) in [6.45, 7) is 16.8. The Labute approximate surface area is 332 Å². The van der Waals surface area contributed by atoms with Gasteiger partial charge in [-0.3, -0.25) is 24.2 Å². The van der Waals surface area contributed by atoms with Crippen LogP contribution in [0.3, 0.4) is 0 Å². The second-order valence-electron chi connectivity index (χ2n) is 16.1. The zero-order chi connectivity index (χ0) is 39.8. The van der Waals surface area contributed by atoms with Gasteiger partial charge in [0, 0.05) is 82.1 Å². The molecule has 0 spiro atoms. The molecule has 0 radical (unpaired) electrons. The highest BCUT2D eigenvalue weighted by Crippen LogP contribution is 2.32. The van der Waals surface area contributed by atoms with E-state index in [0.717, 1.165) is 86.1 Å². The molecule has 57 heavy (non-hydrogen) atoms. The average molecular weight is 778 g/mol. The number of amides is 3. The van der Waals surface area contributed by atoms with Crippen LogP contribution in [-0.4, -0.2) is 124 Å². The van der Waals surface area contributed by atoms with Crippen LogP contribution >= 0.6 is 0 Å². The molecule has 3 amide bonds. The number of anilines is 4. The molecule has 1 unspecified atom stereocenters. The van der Waals surface area contributed by atoms with Crippen LogP contribution in [0.15, 0.2) is 55.0 Å². The van der Waals surface area contributed by atoms with Crippen LogP contribution in [0.4, 0.5) is 23.3 Å². The van der Waals surface area contributed by atoms with Gasteiger partial charge in [0.25, 0.3) is 11.8 Å². The number of carbonyl (C=O) groups excluding carboxylic acids is 3. The normalized spacial score (nSPS) is 19.8. The molecule has 4 aliphatic heterocycles. The monoisotopic (exact) mass is 777 g/mol. The molecule has 3 saturated heterocycles. The van der Waals surface area contributed by atoms with Crippen molar-refractivity contribution in [2.24, 2.45) is 0 Å². The van der Waals surface area contributed by atoms with E-state index in [1.165, 1.54) is 0 Å². The first-order valence-corrected chi connectivity index (χ1v) is 19.8. The minimum absolute atomic E-state index is 0.257. The SMILES string of the molecule is C=C1CCC(N2C(=O)c3ccc(N4CCN(CCOCc5nc6cnc(Nc7ccnc(N8CCC(OC)CC8)n7)cc6n5C(C)(C)C)CC4)cc3C2=O)C(=O)N1. The van der Waals surface area contributed by atoms with Crippen molar-refractivity contribution in [1.29, 1.82) is 0 Å². The van der Waals surface area contributed by atoms with E-state index in [1.54, 1.807) is 31.6 Å². The first-order chi connectivity index (χ1) is 27.5. The van der Waals surface area contributed by atoms with Gasteiger partial charge in [-0.15, -0.1) is 0 Å². The zero-order valence-electron chi connectivity index (χ0n) is 33.2. The first-order valence-electron chi connectivity index (χ1n) is 19.8. The largest absolute Gasteiger partial charge is 0.381 e. The molecule has 16 nitrogen and oxygen atoms in total. The van der Waals surface area contributed by atoms with E-state index in [0.29, 0.717) is 60.5 Å². The number of carbonyl (C=O) groups is 3. The van der Waals surface area contributed by atoms with Gasteiger partial charge in [-0.05, 0) is 70.7 Å². The number of benzene rings is 1. The number of aromatic nitrogens is 5. The molecule has 8 rings (SSSR count). The van der Waals surface area contributed by atoms with Crippen LogP contribution < -0.4 is 20.4 Å². The molecule has 4 aliphatic rings. The summed E-state index contributed by atoms with van der Waals surface area (Å²) in [5.41, 5.74) is 3.69. The zero-order valence-corrected chi connectivity index (χ0v) is 33.2. The second-order valence-corrected chi connectivity index (χ2v) is 16.1. The molecule has 2 N–H and O–H groups in total. The van der Waals surface area contributed by atoms with Crippen molar-refractivity contribution in [1.82, 2.24) is 39.6 Å². The number of methoxy groups -OCH3 is 1. The molecule has 16 heteroatoms. The predicted octanol–water partition coefficient (Wildman–Crippen LogP) is 4.06. The number of allylic oxidation sites excluding steroid dienone is 1. The molecule has 1 aromatic carbocycles. The smallest absolute Gasteiger partial charge is 0.262 e. The summed E-state index contributed by atoms with van der Waals surface area (Å²) < 4.78 is 14.0. The average Bonchev–Trinajstić information content (AvgIpc) is 3.70. The summed E-state index contributed by atoms with van der Waals surface area (Å²) in [7, 11) is 1.77. The summed E-state index contributed by atoms with van der Waals surface area (Å²) in [5, 5.41) is 6.06. The van der Waals surface area contributed by atoms with Crippen LogP contribution in [0.2, 0.25) is 0 Å². The van der Waals surface area contributed by atoms with E-state index < -0.39 is 17.9 Å². The molecule has 0 bridgehead atoms. The summed E-state index contributed by atoms with van der Waals surface area (Å²) >= 11 is 0. The van der Waals surface area contributed by atoms with Crippen LogP contribution in [0.1, 0.15) is 73.0 Å². The predicted molar refractivity (Wildman–Crippen MR) is 216 cm³/mol. The van der Waals surface area contributed by atoms with Crippen LogP contribution in [0.5, 0.6) is 0 Å². The number of imidazole rings is 1.